The highest BCUT2D eigenvalue weighted by Gasteiger charge is 2.37. The standard InChI is InChI=1S/C39H45N11O3/c1-3-31-36-27(21-40-50(36)25-16-19-49(22-25)33-11-7-10-29(43-33)39(53)48-17-4-5-18-48)26-8-6-9-28(35(26)47(31)2)42-30-20-32(44-37(51)23-12-13-23)45-46-34(30)38(52)41-24-14-15-24/h6-11,20-21,23-25,31H,3-5,12-19,22H2,1-2H3,(H,41,52)(H2,42,44,45,51)/t25-,31-/m0/s1. The van der Waals surface area contributed by atoms with Crippen LogP contribution in [0.5, 0.6) is 0 Å². The Hall–Kier alpha value is -5.53. The minimum Gasteiger partial charge on any atom is -0.364 e. The lowest BCUT2D eigenvalue weighted by molar-refractivity contribution is -0.117. The Balaban J connectivity index is 1.01. The first-order chi connectivity index (χ1) is 25.9. The van der Waals surface area contributed by atoms with Gasteiger partial charge in [-0.3, -0.25) is 19.1 Å². The number of carbonyl (C=O) groups excluding carboxylic acids is 3. The molecule has 0 spiro atoms. The van der Waals surface area contributed by atoms with E-state index < -0.39 is 0 Å². The van der Waals surface area contributed by atoms with E-state index in [1.165, 1.54) is 5.69 Å². The molecule has 3 aliphatic heterocycles. The summed E-state index contributed by atoms with van der Waals surface area (Å²) >= 11 is 0. The molecule has 0 unspecified atom stereocenters. The van der Waals surface area contributed by atoms with Crippen LogP contribution in [0.15, 0.2) is 48.7 Å². The molecule has 0 radical (unpaired) electrons. The summed E-state index contributed by atoms with van der Waals surface area (Å²) in [4.78, 5) is 50.3. The molecule has 3 aromatic heterocycles. The molecule has 274 valence electrons. The van der Waals surface area contributed by atoms with Gasteiger partial charge in [-0.2, -0.15) is 5.10 Å². The summed E-state index contributed by atoms with van der Waals surface area (Å²) in [6.45, 7) is 5.37. The molecule has 6 heterocycles. The molecule has 3 amide bonds. The van der Waals surface area contributed by atoms with Gasteiger partial charge in [0.15, 0.2) is 11.5 Å². The van der Waals surface area contributed by atoms with E-state index in [0.717, 1.165) is 106 Å². The van der Waals surface area contributed by atoms with Crippen molar-refractivity contribution < 1.29 is 14.4 Å². The number of amides is 3. The Morgan fingerprint density at radius 2 is 1.72 bits per heavy atom. The van der Waals surface area contributed by atoms with Gasteiger partial charge in [-0.05, 0) is 69.6 Å². The monoisotopic (exact) mass is 715 g/mol. The highest BCUT2D eigenvalue weighted by Crippen LogP contribution is 2.50. The summed E-state index contributed by atoms with van der Waals surface area (Å²) < 4.78 is 2.21. The first kappa shape index (κ1) is 33.3. The van der Waals surface area contributed by atoms with E-state index in [0.29, 0.717) is 17.2 Å². The molecule has 4 aromatic rings. The Morgan fingerprint density at radius 1 is 0.906 bits per heavy atom. The number of hydrogen-bond donors (Lipinski definition) is 3. The topological polar surface area (TPSA) is 154 Å². The van der Waals surface area contributed by atoms with Gasteiger partial charge in [-0.25, -0.2) is 4.98 Å². The highest BCUT2D eigenvalue weighted by atomic mass is 16.2. The Kier molecular flexibility index (Phi) is 8.46. The lowest BCUT2D eigenvalue weighted by Gasteiger charge is -2.38. The molecule has 2 saturated heterocycles. The van der Waals surface area contributed by atoms with E-state index in [2.05, 4.69) is 60.7 Å². The summed E-state index contributed by atoms with van der Waals surface area (Å²) in [5.41, 5.74) is 6.29. The summed E-state index contributed by atoms with van der Waals surface area (Å²) in [5.74, 6) is 0.798. The van der Waals surface area contributed by atoms with Crippen molar-refractivity contribution in [2.24, 2.45) is 5.92 Å². The van der Waals surface area contributed by atoms with Crippen molar-refractivity contribution >= 4 is 46.4 Å². The molecular weight excluding hydrogens is 671 g/mol. The third kappa shape index (κ3) is 6.33. The van der Waals surface area contributed by atoms with E-state index in [1.54, 1.807) is 6.07 Å². The van der Waals surface area contributed by atoms with Crippen molar-refractivity contribution in [1.29, 1.82) is 0 Å². The van der Waals surface area contributed by atoms with E-state index in [9.17, 15) is 14.4 Å². The van der Waals surface area contributed by atoms with Gasteiger partial charge in [-0.15, -0.1) is 10.2 Å². The third-order valence-electron chi connectivity index (χ3n) is 11.3. The molecule has 14 nitrogen and oxygen atoms in total. The van der Waals surface area contributed by atoms with E-state index >= 15 is 0 Å². The van der Waals surface area contributed by atoms with Gasteiger partial charge in [0.05, 0.1) is 41.0 Å². The quantitative estimate of drug-likeness (QED) is 0.197. The van der Waals surface area contributed by atoms with Gasteiger partial charge < -0.3 is 30.7 Å². The smallest absolute Gasteiger partial charge is 0.274 e. The Labute approximate surface area is 308 Å². The first-order valence-corrected chi connectivity index (χ1v) is 19.1. The lowest BCUT2D eigenvalue weighted by Crippen LogP contribution is -2.32. The van der Waals surface area contributed by atoms with Crippen LogP contribution in [0.3, 0.4) is 0 Å². The summed E-state index contributed by atoms with van der Waals surface area (Å²) in [5, 5.41) is 23.0. The van der Waals surface area contributed by atoms with Crippen molar-refractivity contribution in [2.45, 2.75) is 76.4 Å². The zero-order valence-corrected chi connectivity index (χ0v) is 30.2. The van der Waals surface area contributed by atoms with Gasteiger partial charge in [0, 0.05) is 62.4 Å². The molecule has 14 heteroatoms. The second-order valence-corrected chi connectivity index (χ2v) is 15.0. The molecule has 5 aliphatic rings. The number of nitrogens with zero attached hydrogens (tertiary/aromatic N) is 8. The number of nitrogens with one attached hydrogen (secondary N) is 3. The van der Waals surface area contributed by atoms with Crippen molar-refractivity contribution in [3.63, 3.8) is 0 Å². The number of aromatic nitrogens is 5. The van der Waals surface area contributed by atoms with Crippen molar-refractivity contribution in [2.75, 3.05) is 53.7 Å². The lowest BCUT2D eigenvalue weighted by atomic mass is 9.91. The van der Waals surface area contributed by atoms with Gasteiger partial charge >= 0.3 is 0 Å². The number of fused-ring (bicyclic) bond motifs is 3. The average Bonchev–Trinajstić information content (AvgIpc) is 4.01. The maximum atomic E-state index is 13.3. The Morgan fingerprint density at radius 3 is 2.49 bits per heavy atom. The number of para-hydroxylation sites is 1. The second kappa shape index (κ2) is 13.5. The fraction of sp³-hybridized carbons (Fsp3) is 0.462. The number of benzene rings is 1. The molecule has 4 fully saturated rings. The van der Waals surface area contributed by atoms with Crippen LogP contribution < -0.4 is 25.8 Å². The summed E-state index contributed by atoms with van der Waals surface area (Å²) in [7, 11) is 2.11. The molecule has 1 aromatic carbocycles. The van der Waals surface area contributed by atoms with Crippen molar-refractivity contribution in [1.82, 2.24) is 35.2 Å². The van der Waals surface area contributed by atoms with Crippen LogP contribution in [0.25, 0.3) is 11.1 Å². The number of anilines is 5. The van der Waals surface area contributed by atoms with Crippen LogP contribution in [0.4, 0.5) is 28.7 Å². The van der Waals surface area contributed by atoms with E-state index in [1.807, 2.05) is 41.4 Å². The fourth-order valence-corrected chi connectivity index (χ4v) is 8.12. The first-order valence-electron chi connectivity index (χ1n) is 19.1. The van der Waals surface area contributed by atoms with E-state index in [-0.39, 0.29) is 47.5 Å². The van der Waals surface area contributed by atoms with Crippen molar-refractivity contribution in [3.05, 3.63) is 65.7 Å². The molecule has 3 N–H and O–H groups in total. The van der Waals surface area contributed by atoms with Gasteiger partial charge in [0.1, 0.15) is 11.5 Å². The SMILES string of the molecule is CC[C@H]1c2c(cnn2[C@H]2CCN(c3cccc(C(=O)N4CCCC4)n3)C2)-c2cccc(Nc3cc(NC(=O)C4CC4)nnc3C(=O)NC3CC3)c2N1C. The van der Waals surface area contributed by atoms with Crippen LogP contribution in [0.1, 0.15) is 97.0 Å². The predicted octanol–water partition coefficient (Wildman–Crippen LogP) is 5.31. The molecule has 2 aliphatic carbocycles. The summed E-state index contributed by atoms with van der Waals surface area (Å²) in [6.07, 6.45) is 9.49. The third-order valence-corrected chi connectivity index (χ3v) is 11.3. The molecule has 0 bridgehead atoms. The zero-order chi connectivity index (χ0) is 36.2. The number of rotatable bonds is 10. The molecule has 2 saturated carbocycles. The molecule has 53 heavy (non-hydrogen) atoms. The van der Waals surface area contributed by atoms with Gasteiger partial charge in [-0.1, -0.05) is 25.1 Å². The largest absolute Gasteiger partial charge is 0.364 e. The number of pyridine rings is 1. The minimum atomic E-state index is -0.290. The zero-order valence-electron chi connectivity index (χ0n) is 30.2. The van der Waals surface area contributed by atoms with Crippen LogP contribution in [-0.2, 0) is 4.79 Å². The van der Waals surface area contributed by atoms with Crippen LogP contribution in [0, 0.1) is 5.92 Å². The van der Waals surface area contributed by atoms with Crippen LogP contribution in [0.2, 0.25) is 0 Å². The van der Waals surface area contributed by atoms with Gasteiger partial charge in [0.2, 0.25) is 5.91 Å². The summed E-state index contributed by atoms with van der Waals surface area (Å²) in [6, 6.07) is 13.9. The molecule has 2 atom stereocenters. The fourth-order valence-electron chi connectivity index (χ4n) is 8.12. The van der Waals surface area contributed by atoms with Crippen molar-refractivity contribution in [3.8, 4) is 11.1 Å². The minimum absolute atomic E-state index is 0.00686. The van der Waals surface area contributed by atoms with Crippen LogP contribution >= 0.6 is 0 Å². The maximum Gasteiger partial charge on any atom is 0.274 e. The Bertz CT molecular complexity index is 2080. The van der Waals surface area contributed by atoms with Gasteiger partial charge in [0.25, 0.3) is 11.8 Å². The number of hydrogen-bond acceptors (Lipinski definition) is 10. The molecule has 9 rings (SSSR count). The normalized spacial score (nSPS) is 20.6. The maximum absolute atomic E-state index is 13.3. The average molecular weight is 716 g/mol. The number of carbonyl (C=O) groups is 3. The molecular formula is C39H45N11O3. The predicted molar refractivity (Wildman–Crippen MR) is 201 cm³/mol. The van der Waals surface area contributed by atoms with E-state index in [4.69, 9.17) is 10.1 Å². The van der Waals surface area contributed by atoms with Crippen LogP contribution in [-0.4, -0.2) is 86.9 Å². The second-order valence-electron chi connectivity index (χ2n) is 15.0. The number of likely N-dealkylation sites (tertiary alicyclic amines) is 1. The highest BCUT2D eigenvalue weighted by molar-refractivity contribution is 6.01.